The number of hydrogen-bond acceptors (Lipinski definition) is 5. The van der Waals surface area contributed by atoms with E-state index in [9.17, 15) is 14.4 Å². The van der Waals surface area contributed by atoms with Gasteiger partial charge in [-0.2, -0.15) is 9.67 Å². The number of carbonyl (C=O) groups excluding carboxylic acids is 2. The summed E-state index contributed by atoms with van der Waals surface area (Å²) in [6.45, 7) is 0.0855. The van der Waals surface area contributed by atoms with Crippen molar-refractivity contribution in [2.75, 3.05) is 12.0 Å². The Morgan fingerprint density at radius 1 is 1.17 bits per heavy atom. The summed E-state index contributed by atoms with van der Waals surface area (Å²) in [5.41, 5.74) is 0.760. The number of para-hydroxylation sites is 1. The van der Waals surface area contributed by atoms with Crippen LogP contribution in [0.3, 0.4) is 0 Å². The zero-order chi connectivity index (χ0) is 21.3. The zero-order valence-corrected chi connectivity index (χ0v) is 16.8. The maximum Gasteiger partial charge on any atom is 0.354 e. The number of benzene rings is 2. The predicted molar refractivity (Wildman–Crippen MR) is 110 cm³/mol. The number of nitrogens with one attached hydrogen (secondary N) is 1. The van der Waals surface area contributed by atoms with Gasteiger partial charge in [0.25, 0.3) is 0 Å². The summed E-state index contributed by atoms with van der Waals surface area (Å²) in [6.07, 6.45) is 0. The maximum atomic E-state index is 12.7. The van der Waals surface area contributed by atoms with Gasteiger partial charge in [0.15, 0.2) is 5.82 Å². The summed E-state index contributed by atoms with van der Waals surface area (Å²) in [7, 11) is 1.55. The molecule has 0 radical (unpaired) electrons. The summed E-state index contributed by atoms with van der Waals surface area (Å²) in [5.74, 6) is 0.531. The molecule has 0 aliphatic carbocycles. The number of amides is 2. The molecule has 0 saturated heterocycles. The zero-order valence-electron chi connectivity index (χ0n) is 16.0. The molecule has 30 heavy (non-hydrogen) atoms. The van der Waals surface area contributed by atoms with Crippen molar-refractivity contribution in [3.8, 4) is 5.75 Å². The highest BCUT2D eigenvalue weighted by atomic mass is 35.5. The van der Waals surface area contributed by atoms with Crippen LogP contribution in [-0.2, 0) is 24.4 Å². The number of hydrogen-bond donors (Lipinski definition) is 1. The first-order valence-electron chi connectivity index (χ1n) is 9.12. The highest BCUT2D eigenvalue weighted by molar-refractivity contribution is 6.30. The van der Waals surface area contributed by atoms with Crippen LogP contribution in [0.5, 0.6) is 5.75 Å². The molecule has 3 aromatic rings. The average Bonchev–Trinajstić information content (AvgIpc) is 3.23. The Balaban J connectivity index is 1.44. The van der Waals surface area contributed by atoms with Crippen LogP contribution in [0.1, 0.15) is 11.4 Å². The molecule has 2 heterocycles. The van der Waals surface area contributed by atoms with E-state index in [-0.39, 0.29) is 25.5 Å². The molecule has 0 atom stereocenters. The van der Waals surface area contributed by atoms with Crippen molar-refractivity contribution in [1.29, 1.82) is 0 Å². The molecule has 0 bridgehead atoms. The van der Waals surface area contributed by atoms with Crippen LogP contribution >= 0.6 is 11.6 Å². The minimum Gasteiger partial charge on any atom is -0.496 e. The van der Waals surface area contributed by atoms with E-state index in [1.807, 2.05) is 18.2 Å². The van der Waals surface area contributed by atoms with Gasteiger partial charge < -0.3 is 10.1 Å². The number of rotatable bonds is 6. The number of ether oxygens (including phenoxy) is 1. The van der Waals surface area contributed by atoms with Crippen LogP contribution in [0.4, 0.5) is 10.5 Å². The van der Waals surface area contributed by atoms with E-state index < -0.39 is 17.6 Å². The van der Waals surface area contributed by atoms with Crippen molar-refractivity contribution in [2.24, 2.45) is 0 Å². The van der Waals surface area contributed by atoms with Crippen LogP contribution in [0, 0.1) is 0 Å². The van der Waals surface area contributed by atoms with E-state index in [0.29, 0.717) is 16.5 Å². The number of aromatic nitrogens is 3. The molecule has 4 rings (SSSR count). The van der Waals surface area contributed by atoms with Gasteiger partial charge in [0.1, 0.15) is 12.3 Å². The van der Waals surface area contributed by atoms with Crippen LogP contribution < -0.4 is 20.6 Å². The molecule has 10 heteroatoms. The molecule has 0 saturated carbocycles. The fourth-order valence-electron chi connectivity index (χ4n) is 3.24. The standard InChI is InChI=1S/C20H18ClN5O4/c1-30-16-5-3-2-4-13(16)10-22-18(27)12-25-20(29)26-17(23-25)11-24(19(26)28)15-8-6-14(21)7-9-15/h2-9H,10-12H2,1H3,(H,22,27). The third-order valence-electron chi connectivity index (χ3n) is 4.73. The van der Waals surface area contributed by atoms with E-state index in [0.717, 1.165) is 14.8 Å². The fourth-order valence-corrected chi connectivity index (χ4v) is 3.36. The smallest absolute Gasteiger partial charge is 0.354 e. The molecule has 1 N–H and O–H groups in total. The third-order valence-corrected chi connectivity index (χ3v) is 4.98. The summed E-state index contributed by atoms with van der Waals surface area (Å²) in [6, 6.07) is 13.5. The first-order valence-corrected chi connectivity index (χ1v) is 9.50. The molecular weight excluding hydrogens is 410 g/mol. The molecular formula is C20H18ClN5O4. The molecule has 9 nitrogen and oxygen atoms in total. The molecule has 1 aliphatic heterocycles. The second-order valence-electron chi connectivity index (χ2n) is 6.63. The Kier molecular flexibility index (Phi) is 5.28. The van der Waals surface area contributed by atoms with Gasteiger partial charge in [-0.3, -0.25) is 9.69 Å². The Morgan fingerprint density at radius 2 is 1.90 bits per heavy atom. The normalized spacial score (nSPS) is 12.7. The van der Waals surface area contributed by atoms with Gasteiger partial charge in [-0.05, 0) is 30.3 Å². The topological polar surface area (TPSA) is 98.5 Å². The molecule has 2 aromatic carbocycles. The van der Waals surface area contributed by atoms with E-state index >= 15 is 0 Å². The number of carbonyl (C=O) groups is 2. The van der Waals surface area contributed by atoms with Gasteiger partial charge in [0.2, 0.25) is 5.91 Å². The lowest BCUT2D eigenvalue weighted by atomic mass is 10.2. The quantitative estimate of drug-likeness (QED) is 0.648. The average molecular weight is 428 g/mol. The van der Waals surface area contributed by atoms with Crippen LogP contribution in [0.25, 0.3) is 0 Å². The van der Waals surface area contributed by atoms with E-state index in [4.69, 9.17) is 16.3 Å². The lowest BCUT2D eigenvalue weighted by Crippen LogP contribution is -2.37. The summed E-state index contributed by atoms with van der Waals surface area (Å²) in [5, 5.41) is 7.43. The largest absolute Gasteiger partial charge is 0.496 e. The van der Waals surface area contributed by atoms with Crippen molar-refractivity contribution in [1.82, 2.24) is 19.7 Å². The fraction of sp³-hybridized carbons (Fsp3) is 0.200. The van der Waals surface area contributed by atoms with Crippen molar-refractivity contribution < 1.29 is 14.3 Å². The number of halogens is 1. The molecule has 1 aromatic heterocycles. The number of nitrogens with zero attached hydrogens (tertiary/aromatic N) is 4. The van der Waals surface area contributed by atoms with Crippen LogP contribution in [-0.4, -0.2) is 33.4 Å². The number of fused-ring (bicyclic) bond motifs is 1. The molecule has 0 fully saturated rings. The SMILES string of the molecule is COc1ccccc1CNC(=O)Cn1nc2n(c1=O)C(=O)N(c1ccc(Cl)cc1)C2. The number of anilines is 1. The van der Waals surface area contributed by atoms with Gasteiger partial charge in [0, 0.05) is 22.8 Å². The molecule has 2 amide bonds. The van der Waals surface area contributed by atoms with Crippen molar-refractivity contribution >= 4 is 29.2 Å². The highest BCUT2D eigenvalue weighted by Crippen LogP contribution is 2.24. The Hall–Kier alpha value is -3.59. The second-order valence-corrected chi connectivity index (χ2v) is 7.06. The van der Waals surface area contributed by atoms with E-state index in [2.05, 4.69) is 10.4 Å². The Morgan fingerprint density at radius 3 is 2.60 bits per heavy atom. The summed E-state index contributed by atoms with van der Waals surface area (Å²) >= 11 is 5.88. The lowest BCUT2D eigenvalue weighted by Gasteiger charge is -2.14. The van der Waals surface area contributed by atoms with E-state index in [1.165, 1.54) is 4.90 Å². The number of methoxy groups -OCH3 is 1. The maximum absolute atomic E-state index is 12.7. The third kappa shape index (κ3) is 3.67. The van der Waals surface area contributed by atoms with E-state index in [1.54, 1.807) is 37.4 Å². The Bertz CT molecular complexity index is 1170. The van der Waals surface area contributed by atoms with Gasteiger partial charge in [-0.25, -0.2) is 14.3 Å². The predicted octanol–water partition coefficient (Wildman–Crippen LogP) is 2.01. The first-order chi connectivity index (χ1) is 14.5. The van der Waals surface area contributed by atoms with Crippen molar-refractivity contribution in [3.05, 3.63) is 75.4 Å². The van der Waals surface area contributed by atoms with Gasteiger partial charge in [-0.15, -0.1) is 0 Å². The summed E-state index contributed by atoms with van der Waals surface area (Å²) in [4.78, 5) is 39.0. The van der Waals surface area contributed by atoms with Crippen molar-refractivity contribution in [3.63, 3.8) is 0 Å². The molecule has 0 spiro atoms. The van der Waals surface area contributed by atoms with Gasteiger partial charge in [-0.1, -0.05) is 29.8 Å². The van der Waals surface area contributed by atoms with Gasteiger partial charge in [0.05, 0.1) is 13.7 Å². The lowest BCUT2D eigenvalue weighted by molar-refractivity contribution is -0.122. The summed E-state index contributed by atoms with van der Waals surface area (Å²) < 4.78 is 7.21. The van der Waals surface area contributed by atoms with Crippen LogP contribution in [0.2, 0.25) is 5.02 Å². The van der Waals surface area contributed by atoms with Crippen molar-refractivity contribution in [2.45, 2.75) is 19.6 Å². The molecule has 154 valence electrons. The Labute approximate surface area is 176 Å². The molecule has 0 unspecified atom stereocenters. The first kappa shape index (κ1) is 19.7. The highest BCUT2D eigenvalue weighted by Gasteiger charge is 2.33. The minimum absolute atomic E-state index is 0.130. The minimum atomic E-state index is -0.654. The second kappa shape index (κ2) is 8.03. The van der Waals surface area contributed by atoms with Gasteiger partial charge >= 0.3 is 11.7 Å². The van der Waals surface area contributed by atoms with Crippen LogP contribution in [0.15, 0.2) is 53.3 Å². The monoisotopic (exact) mass is 427 g/mol. The molecule has 1 aliphatic rings.